The Bertz CT molecular complexity index is 1100. The number of carbonyl (C=O) groups excluding carboxylic acids is 3. The van der Waals surface area contributed by atoms with Crippen LogP contribution >= 0.6 is 0 Å². The van der Waals surface area contributed by atoms with Crippen molar-refractivity contribution in [1.82, 2.24) is 0 Å². The maximum atomic E-state index is 13.9. The maximum Gasteiger partial charge on any atom is 0.306 e. The van der Waals surface area contributed by atoms with Crippen molar-refractivity contribution >= 4 is 23.5 Å². The fourth-order valence-corrected chi connectivity index (χ4v) is 8.46. The van der Waals surface area contributed by atoms with Crippen LogP contribution < -0.4 is 0 Å². The Balaban J connectivity index is 1.46. The molecule has 5 rings (SSSR count). The summed E-state index contributed by atoms with van der Waals surface area (Å²) >= 11 is 0. The van der Waals surface area contributed by atoms with E-state index in [4.69, 9.17) is 19.3 Å². The molecule has 5 aliphatic rings. The van der Waals surface area contributed by atoms with Crippen molar-refractivity contribution in [2.24, 2.45) is 28.6 Å². The number of carboxylic acids is 1. The third-order valence-corrected chi connectivity index (χ3v) is 9.81. The SMILES string of the molecule is CC1(C)OC2C[C@H]3[C@@H]4CCC5=CC(=O)C=C[C@]5(C)[C@H]4[C@@H](O)C[C@]3(C)[C@]2(C(=O)COC(=O)CCC(=O)O)O1. The van der Waals surface area contributed by atoms with Crippen LogP contribution in [0, 0.1) is 28.6 Å². The number of rotatable bonds is 6. The van der Waals surface area contributed by atoms with Gasteiger partial charge in [0.05, 0.1) is 25.0 Å². The Morgan fingerprint density at radius 3 is 2.59 bits per heavy atom. The van der Waals surface area contributed by atoms with E-state index in [-0.39, 0.29) is 36.4 Å². The Kier molecular flexibility index (Phi) is 6.09. The number of carbonyl (C=O) groups is 4. The minimum absolute atomic E-state index is 0.0121. The van der Waals surface area contributed by atoms with Crippen LogP contribution in [0.4, 0.5) is 0 Å². The Labute approximate surface area is 216 Å². The smallest absolute Gasteiger partial charge is 0.306 e. The molecule has 0 aromatic heterocycles. The quantitative estimate of drug-likeness (QED) is 0.511. The monoisotopic (exact) mass is 516 g/mol. The standard InChI is InChI=1S/C28H36O9/c1-25(2)36-21-12-18-17-6-5-15-11-16(29)9-10-26(15,3)24(17)19(30)13-27(18,4)28(21,37-25)20(31)14-35-23(34)8-7-22(32)33/h9-11,17-19,21,24,30H,5-8,12-14H2,1-4H3,(H,32,33)/t17-,18-,19-,21?,24+,26-,27-,28+/m0/s1. The van der Waals surface area contributed by atoms with Gasteiger partial charge in [0.1, 0.15) is 0 Å². The summed E-state index contributed by atoms with van der Waals surface area (Å²) in [5, 5.41) is 20.5. The first-order valence-corrected chi connectivity index (χ1v) is 13.1. The summed E-state index contributed by atoms with van der Waals surface area (Å²) in [6.45, 7) is 7.04. The summed E-state index contributed by atoms with van der Waals surface area (Å²) in [7, 11) is 0. The van der Waals surface area contributed by atoms with Crippen molar-refractivity contribution in [2.75, 3.05) is 6.61 Å². The third-order valence-electron chi connectivity index (χ3n) is 9.81. The fourth-order valence-electron chi connectivity index (χ4n) is 8.46. The molecule has 37 heavy (non-hydrogen) atoms. The second-order valence-electron chi connectivity index (χ2n) is 12.3. The molecule has 0 spiro atoms. The molecule has 9 nitrogen and oxygen atoms in total. The summed E-state index contributed by atoms with van der Waals surface area (Å²) in [5.74, 6) is -3.38. The highest BCUT2D eigenvalue weighted by atomic mass is 16.8. The maximum absolute atomic E-state index is 13.9. The normalized spacial score (nSPS) is 43.2. The number of ether oxygens (including phenoxy) is 3. The predicted molar refractivity (Wildman–Crippen MR) is 129 cm³/mol. The lowest BCUT2D eigenvalue weighted by Crippen LogP contribution is -2.64. The number of allylic oxidation sites excluding steroid dienone is 4. The van der Waals surface area contributed by atoms with Crippen LogP contribution in [0.3, 0.4) is 0 Å². The average molecular weight is 517 g/mol. The second-order valence-corrected chi connectivity index (χ2v) is 12.3. The summed E-state index contributed by atoms with van der Waals surface area (Å²) in [5.41, 5.74) is -1.57. The van der Waals surface area contributed by atoms with Crippen LogP contribution in [0.1, 0.15) is 66.2 Å². The van der Waals surface area contributed by atoms with Gasteiger partial charge < -0.3 is 24.4 Å². The van der Waals surface area contributed by atoms with Crippen molar-refractivity contribution in [2.45, 2.75) is 89.8 Å². The zero-order valence-electron chi connectivity index (χ0n) is 21.8. The van der Waals surface area contributed by atoms with Crippen molar-refractivity contribution in [1.29, 1.82) is 0 Å². The number of aliphatic hydroxyl groups is 1. The molecular weight excluding hydrogens is 480 g/mol. The predicted octanol–water partition coefficient (Wildman–Crippen LogP) is 2.74. The molecule has 3 saturated carbocycles. The van der Waals surface area contributed by atoms with Crippen molar-refractivity contribution in [3.63, 3.8) is 0 Å². The molecule has 0 radical (unpaired) electrons. The summed E-state index contributed by atoms with van der Waals surface area (Å²) in [6, 6.07) is 0. The second kappa shape index (κ2) is 8.58. The molecule has 202 valence electrons. The topological polar surface area (TPSA) is 136 Å². The number of esters is 1. The van der Waals surface area contributed by atoms with E-state index in [1.54, 1.807) is 26.0 Å². The van der Waals surface area contributed by atoms with Crippen molar-refractivity contribution in [3.05, 3.63) is 23.8 Å². The minimum atomic E-state index is -1.41. The van der Waals surface area contributed by atoms with Gasteiger partial charge in [-0.05, 0) is 63.5 Å². The highest BCUT2D eigenvalue weighted by Crippen LogP contribution is 2.70. The highest BCUT2D eigenvalue weighted by molar-refractivity contribution is 6.01. The van der Waals surface area contributed by atoms with E-state index in [0.717, 1.165) is 18.4 Å². The van der Waals surface area contributed by atoms with Gasteiger partial charge in [-0.3, -0.25) is 19.2 Å². The number of aliphatic hydroxyl groups excluding tert-OH is 1. The molecule has 1 saturated heterocycles. The molecule has 0 aromatic rings. The van der Waals surface area contributed by atoms with E-state index < -0.39 is 58.8 Å². The zero-order chi connectivity index (χ0) is 27.0. The number of fused-ring (bicyclic) bond motifs is 7. The minimum Gasteiger partial charge on any atom is -0.481 e. The molecule has 1 aliphatic heterocycles. The lowest BCUT2D eigenvalue weighted by atomic mass is 9.46. The molecule has 1 unspecified atom stereocenters. The van der Waals surface area contributed by atoms with Gasteiger partial charge in [0.2, 0.25) is 5.78 Å². The molecule has 4 aliphatic carbocycles. The number of hydrogen-bond acceptors (Lipinski definition) is 8. The Hall–Kier alpha value is -2.36. The number of ketones is 2. The first-order chi connectivity index (χ1) is 17.2. The average Bonchev–Trinajstić information content (AvgIpc) is 3.22. The number of Topliss-reactive ketones (excluding diaryl/α,β-unsaturated/α-hetero) is 1. The van der Waals surface area contributed by atoms with Gasteiger partial charge in [-0.25, -0.2) is 0 Å². The number of aliphatic carboxylic acids is 1. The van der Waals surface area contributed by atoms with Crippen LogP contribution in [0.5, 0.6) is 0 Å². The van der Waals surface area contributed by atoms with E-state index in [1.165, 1.54) is 0 Å². The molecule has 2 N–H and O–H groups in total. The van der Waals surface area contributed by atoms with Crippen LogP contribution in [0.2, 0.25) is 0 Å². The van der Waals surface area contributed by atoms with Gasteiger partial charge in [-0.1, -0.05) is 25.5 Å². The molecule has 1 heterocycles. The van der Waals surface area contributed by atoms with Crippen LogP contribution in [0.15, 0.2) is 23.8 Å². The zero-order valence-corrected chi connectivity index (χ0v) is 21.8. The Morgan fingerprint density at radius 2 is 1.89 bits per heavy atom. The van der Waals surface area contributed by atoms with Gasteiger partial charge >= 0.3 is 11.9 Å². The summed E-state index contributed by atoms with van der Waals surface area (Å²) in [6.07, 6.45) is 5.63. The first-order valence-electron chi connectivity index (χ1n) is 13.1. The van der Waals surface area contributed by atoms with Gasteiger partial charge in [-0.15, -0.1) is 0 Å². The first kappa shape index (κ1) is 26.3. The highest BCUT2D eigenvalue weighted by Gasteiger charge is 2.76. The van der Waals surface area contributed by atoms with Crippen LogP contribution in [0.25, 0.3) is 0 Å². The Morgan fingerprint density at radius 1 is 1.16 bits per heavy atom. The number of hydrogen-bond donors (Lipinski definition) is 2. The van der Waals surface area contributed by atoms with E-state index >= 15 is 0 Å². The molecule has 0 bridgehead atoms. The molecule has 8 atom stereocenters. The summed E-state index contributed by atoms with van der Waals surface area (Å²) in [4.78, 5) is 48.8. The summed E-state index contributed by atoms with van der Waals surface area (Å²) < 4.78 is 17.9. The van der Waals surface area contributed by atoms with E-state index in [2.05, 4.69) is 6.92 Å². The molecule has 0 amide bonds. The lowest BCUT2D eigenvalue weighted by molar-refractivity contribution is -0.225. The van der Waals surface area contributed by atoms with E-state index in [0.29, 0.717) is 12.8 Å². The van der Waals surface area contributed by atoms with Gasteiger partial charge in [0.25, 0.3) is 0 Å². The van der Waals surface area contributed by atoms with Crippen molar-refractivity contribution < 1.29 is 43.6 Å². The molecule has 9 heteroatoms. The lowest BCUT2D eigenvalue weighted by Gasteiger charge is -2.59. The number of carboxylic acid groups (broad SMARTS) is 1. The molecular formula is C28H36O9. The van der Waals surface area contributed by atoms with Gasteiger partial charge in [0, 0.05) is 16.7 Å². The molecule has 4 fully saturated rings. The van der Waals surface area contributed by atoms with Gasteiger partial charge in [0.15, 0.2) is 23.8 Å². The third kappa shape index (κ3) is 3.84. The van der Waals surface area contributed by atoms with Crippen LogP contribution in [-0.2, 0) is 33.4 Å². The fraction of sp³-hybridized carbons (Fsp3) is 0.714. The molecule has 0 aromatic carbocycles. The van der Waals surface area contributed by atoms with E-state index in [1.807, 2.05) is 13.0 Å². The van der Waals surface area contributed by atoms with Gasteiger partial charge in [-0.2, -0.15) is 0 Å². The van der Waals surface area contributed by atoms with Crippen LogP contribution in [-0.4, -0.2) is 63.9 Å². The van der Waals surface area contributed by atoms with Crippen molar-refractivity contribution in [3.8, 4) is 0 Å². The van der Waals surface area contributed by atoms with E-state index in [9.17, 15) is 24.3 Å². The largest absolute Gasteiger partial charge is 0.481 e.